The monoisotopic (exact) mass is 344 g/mol. The number of halogens is 4. The quantitative estimate of drug-likeness (QED) is 0.364. The summed E-state index contributed by atoms with van der Waals surface area (Å²) in [5.74, 6) is -0.638. The molecule has 88 valence electrons. The molecule has 0 amide bonds. The number of hydrogen-bond acceptors (Lipinski definition) is 2. The van der Waals surface area contributed by atoms with Gasteiger partial charge in [0, 0.05) is 0 Å². The molecule has 0 fully saturated rings. The Hall–Kier alpha value is -0.790. The Morgan fingerprint density at radius 3 is 2.38 bits per heavy atom. The molecule has 1 atom stereocenters. The minimum absolute atomic E-state index is 0.247. The predicted octanol–water partition coefficient (Wildman–Crippen LogP) is 3.35. The summed E-state index contributed by atoms with van der Waals surface area (Å²) in [6.07, 6.45) is -5.54. The van der Waals surface area contributed by atoms with E-state index in [1.807, 2.05) is 0 Å². The first-order chi connectivity index (χ1) is 7.38. The van der Waals surface area contributed by atoms with E-state index in [9.17, 15) is 18.0 Å². The van der Waals surface area contributed by atoms with Crippen molar-refractivity contribution in [3.63, 3.8) is 0 Å². The molecule has 16 heavy (non-hydrogen) atoms. The normalized spacial score (nSPS) is 13.2. The minimum Gasteiger partial charge on any atom is -0.426 e. The topological polar surface area (TPSA) is 26.3 Å². The van der Waals surface area contributed by atoms with Crippen LogP contribution < -0.4 is 4.74 Å². The van der Waals surface area contributed by atoms with E-state index in [0.29, 0.717) is 0 Å². The van der Waals surface area contributed by atoms with Crippen molar-refractivity contribution in [3.8, 4) is 5.75 Å². The van der Waals surface area contributed by atoms with Crippen LogP contribution in [0.4, 0.5) is 13.2 Å². The molecule has 6 heteroatoms. The number of ether oxygens (including phenoxy) is 1. The Kier molecular flexibility index (Phi) is 4.57. The van der Waals surface area contributed by atoms with Crippen LogP contribution in [0.5, 0.6) is 5.75 Å². The molecule has 0 radical (unpaired) electrons. The fourth-order valence-electron chi connectivity index (χ4n) is 0.955. The van der Waals surface area contributed by atoms with E-state index < -0.39 is 22.5 Å². The molecule has 1 rings (SSSR count). The number of rotatable bonds is 3. The van der Waals surface area contributed by atoms with E-state index in [0.717, 1.165) is 0 Å². The molecule has 2 nitrogen and oxygen atoms in total. The maximum Gasteiger partial charge on any atom is 0.390 e. The van der Waals surface area contributed by atoms with Gasteiger partial charge in [-0.2, -0.15) is 13.2 Å². The van der Waals surface area contributed by atoms with Gasteiger partial charge in [0.15, 0.2) is 0 Å². The molecule has 0 saturated heterocycles. The lowest BCUT2D eigenvalue weighted by Gasteiger charge is -2.11. The molecule has 0 aliphatic rings. The molecular weight excluding hydrogens is 336 g/mol. The first-order valence-corrected chi connectivity index (χ1v) is 5.60. The zero-order chi connectivity index (χ0) is 12.2. The number of benzene rings is 1. The molecule has 1 aromatic carbocycles. The Balaban J connectivity index is 2.53. The first kappa shape index (κ1) is 13.3. The van der Waals surface area contributed by atoms with Crippen LogP contribution in [0.3, 0.4) is 0 Å². The summed E-state index contributed by atoms with van der Waals surface area (Å²) in [6, 6.07) is 8.00. The van der Waals surface area contributed by atoms with Crippen LogP contribution in [0.15, 0.2) is 30.3 Å². The molecule has 1 aromatic rings. The summed E-state index contributed by atoms with van der Waals surface area (Å²) < 4.78 is 39.5. The third kappa shape index (κ3) is 4.82. The second-order valence-electron chi connectivity index (χ2n) is 3.02. The van der Waals surface area contributed by atoms with Crippen molar-refractivity contribution >= 4 is 28.6 Å². The highest BCUT2D eigenvalue weighted by Gasteiger charge is 2.34. The number of alkyl halides is 4. The average molecular weight is 344 g/mol. The molecule has 0 aromatic heterocycles. The summed E-state index contributed by atoms with van der Waals surface area (Å²) >= 11 is 1.43. The summed E-state index contributed by atoms with van der Waals surface area (Å²) in [4.78, 5) is 11.3. The second-order valence-corrected chi connectivity index (χ2v) is 4.52. The fourth-order valence-corrected chi connectivity index (χ4v) is 1.58. The van der Waals surface area contributed by atoms with Crippen LogP contribution in [0.1, 0.15) is 6.42 Å². The summed E-state index contributed by atoms with van der Waals surface area (Å²) in [6.45, 7) is 0. The Bertz CT molecular complexity index is 351. The number of carbonyl (C=O) groups excluding carboxylic acids is 1. The lowest BCUT2D eigenvalue weighted by atomic mass is 10.3. The van der Waals surface area contributed by atoms with Crippen LogP contribution in [0, 0.1) is 0 Å². The summed E-state index contributed by atoms with van der Waals surface area (Å²) in [7, 11) is 0. The molecule has 0 heterocycles. The van der Waals surface area contributed by atoms with Crippen molar-refractivity contribution in [1.82, 2.24) is 0 Å². The third-order valence-electron chi connectivity index (χ3n) is 1.63. The summed E-state index contributed by atoms with van der Waals surface area (Å²) in [5, 5.41) is 0. The molecule has 0 saturated carbocycles. The van der Waals surface area contributed by atoms with Crippen molar-refractivity contribution in [3.05, 3.63) is 30.3 Å². The fraction of sp³-hybridized carbons (Fsp3) is 0.300. The second kappa shape index (κ2) is 5.51. The highest BCUT2D eigenvalue weighted by atomic mass is 127. The van der Waals surface area contributed by atoms with Gasteiger partial charge in [-0.25, -0.2) is 0 Å². The van der Waals surface area contributed by atoms with E-state index >= 15 is 0 Å². The van der Waals surface area contributed by atoms with Crippen LogP contribution in [0.2, 0.25) is 0 Å². The molecule has 1 unspecified atom stereocenters. The van der Waals surface area contributed by atoms with Gasteiger partial charge in [0.25, 0.3) is 0 Å². The Labute approximate surface area is 104 Å². The van der Waals surface area contributed by atoms with Crippen molar-refractivity contribution in [2.45, 2.75) is 16.5 Å². The lowest BCUT2D eigenvalue weighted by Crippen LogP contribution is -2.26. The zero-order valence-electron chi connectivity index (χ0n) is 8.00. The largest absolute Gasteiger partial charge is 0.426 e. The molecule has 0 bridgehead atoms. The highest BCUT2D eigenvalue weighted by Crippen LogP contribution is 2.26. The van der Waals surface area contributed by atoms with Crippen LogP contribution in [-0.4, -0.2) is 16.1 Å². The van der Waals surface area contributed by atoms with Crippen molar-refractivity contribution < 1.29 is 22.7 Å². The van der Waals surface area contributed by atoms with Gasteiger partial charge in [0.05, 0.1) is 6.42 Å². The smallest absolute Gasteiger partial charge is 0.390 e. The molecular formula is C10H8F3IO2. The average Bonchev–Trinajstić information content (AvgIpc) is 2.16. The van der Waals surface area contributed by atoms with E-state index in [-0.39, 0.29) is 5.75 Å². The molecule has 0 spiro atoms. The molecule has 0 aliphatic heterocycles. The van der Waals surface area contributed by atoms with Gasteiger partial charge in [-0.15, -0.1) is 0 Å². The van der Waals surface area contributed by atoms with Gasteiger partial charge in [-0.1, -0.05) is 40.8 Å². The Morgan fingerprint density at radius 1 is 1.31 bits per heavy atom. The zero-order valence-corrected chi connectivity index (χ0v) is 10.2. The number of para-hydroxylation sites is 1. The van der Waals surface area contributed by atoms with Gasteiger partial charge < -0.3 is 4.74 Å². The third-order valence-corrected chi connectivity index (χ3v) is 2.58. The van der Waals surface area contributed by atoms with Crippen molar-refractivity contribution in [2.75, 3.05) is 0 Å². The minimum atomic E-state index is -4.36. The van der Waals surface area contributed by atoms with Crippen LogP contribution in [-0.2, 0) is 4.79 Å². The van der Waals surface area contributed by atoms with Gasteiger partial charge in [0.1, 0.15) is 9.67 Å². The van der Waals surface area contributed by atoms with Crippen LogP contribution in [0.25, 0.3) is 0 Å². The molecule has 0 N–H and O–H groups in total. The standard InChI is InChI=1S/C10H8F3IO2/c11-10(12,13)6-8(14)9(15)16-7-4-2-1-3-5-7/h1-5,8H,6H2. The van der Waals surface area contributed by atoms with E-state index in [1.165, 1.54) is 34.7 Å². The van der Waals surface area contributed by atoms with Crippen molar-refractivity contribution in [2.24, 2.45) is 0 Å². The van der Waals surface area contributed by atoms with Gasteiger partial charge in [0.2, 0.25) is 0 Å². The van der Waals surface area contributed by atoms with Crippen LogP contribution >= 0.6 is 22.6 Å². The number of hydrogen-bond donors (Lipinski definition) is 0. The van der Waals surface area contributed by atoms with E-state index in [2.05, 4.69) is 0 Å². The Morgan fingerprint density at radius 2 is 1.88 bits per heavy atom. The first-order valence-electron chi connectivity index (χ1n) is 4.36. The van der Waals surface area contributed by atoms with Gasteiger partial charge in [-0.3, -0.25) is 4.79 Å². The maximum absolute atomic E-state index is 12.0. The van der Waals surface area contributed by atoms with Gasteiger partial charge in [-0.05, 0) is 12.1 Å². The van der Waals surface area contributed by atoms with Crippen molar-refractivity contribution in [1.29, 1.82) is 0 Å². The SMILES string of the molecule is O=C(Oc1ccccc1)C(I)CC(F)(F)F. The number of esters is 1. The number of carbonyl (C=O) groups is 1. The highest BCUT2D eigenvalue weighted by molar-refractivity contribution is 14.1. The van der Waals surface area contributed by atoms with E-state index in [1.54, 1.807) is 18.2 Å². The van der Waals surface area contributed by atoms with Gasteiger partial charge >= 0.3 is 12.1 Å². The predicted molar refractivity (Wildman–Crippen MR) is 60.6 cm³/mol. The lowest BCUT2D eigenvalue weighted by molar-refractivity contribution is -0.148. The molecule has 0 aliphatic carbocycles. The maximum atomic E-state index is 12.0. The summed E-state index contributed by atoms with van der Waals surface area (Å²) in [5.41, 5.74) is 0. The van der Waals surface area contributed by atoms with E-state index in [4.69, 9.17) is 4.74 Å².